The summed E-state index contributed by atoms with van der Waals surface area (Å²) in [7, 11) is 1.63. The zero-order valence-corrected chi connectivity index (χ0v) is 17.1. The third-order valence-corrected chi connectivity index (χ3v) is 5.13. The topological polar surface area (TPSA) is 67.9 Å². The third kappa shape index (κ3) is 5.28. The van der Waals surface area contributed by atoms with E-state index >= 15 is 0 Å². The van der Waals surface area contributed by atoms with Crippen LogP contribution < -0.4 is 15.0 Å². The van der Waals surface area contributed by atoms with Crippen LogP contribution in [0.1, 0.15) is 36.0 Å². The number of nitrogens with zero attached hydrogens (tertiary/aromatic N) is 1. The molecule has 0 bridgehead atoms. The van der Waals surface area contributed by atoms with Gasteiger partial charge in [0.05, 0.1) is 12.8 Å². The van der Waals surface area contributed by atoms with Crippen molar-refractivity contribution in [3.05, 3.63) is 59.2 Å². The van der Waals surface area contributed by atoms with Crippen LogP contribution in [0.2, 0.25) is 0 Å². The van der Waals surface area contributed by atoms with Crippen LogP contribution in [-0.4, -0.2) is 32.2 Å². The quantitative estimate of drug-likeness (QED) is 0.719. The van der Waals surface area contributed by atoms with Crippen molar-refractivity contribution in [1.82, 2.24) is 5.32 Å². The van der Waals surface area contributed by atoms with Gasteiger partial charge in [-0.25, -0.2) is 4.79 Å². The molecule has 1 heterocycles. The molecular weight excluding hydrogens is 368 g/mol. The number of hydrogen-bond donors (Lipinski definition) is 1. The summed E-state index contributed by atoms with van der Waals surface area (Å²) in [6.45, 7) is 3.38. The summed E-state index contributed by atoms with van der Waals surface area (Å²) in [6, 6.07) is 13.5. The molecule has 1 N–H and O–H groups in total. The molecule has 3 rings (SSSR count). The molecular formula is C23H28N2O4. The van der Waals surface area contributed by atoms with Crippen molar-refractivity contribution in [2.75, 3.05) is 25.1 Å². The Bertz CT molecular complexity index is 851. The highest BCUT2D eigenvalue weighted by Gasteiger charge is 2.26. The summed E-state index contributed by atoms with van der Waals surface area (Å²) in [5, 5.41) is 2.71. The van der Waals surface area contributed by atoms with Gasteiger partial charge in [-0.3, -0.25) is 4.79 Å². The molecule has 6 heteroatoms. The predicted octanol–water partition coefficient (Wildman–Crippen LogP) is 3.99. The van der Waals surface area contributed by atoms with Crippen molar-refractivity contribution in [3.63, 3.8) is 0 Å². The van der Waals surface area contributed by atoms with Gasteiger partial charge in [0, 0.05) is 19.5 Å². The van der Waals surface area contributed by atoms with E-state index < -0.39 is 6.09 Å². The largest absolute Gasteiger partial charge is 0.495 e. The average molecular weight is 396 g/mol. The highest BCUT2D eigenvalue weighted by molar-refractivity contribution is 5.96. The van der Waals surface area contributed by atoms with E-state index in [1.54, 1.807) is 7.11 Å². The van der Waals surface area contributed by atoms with Crippen LogP contribution in [0, 0.1) is 6.92 Å². The number of nitrogens with one attached hydrogen (secondary N) is 1. The van der Waals surface area contributed by atoms with Gasteiger partial charge >= 0.3 is 6.09 Å². The number of methoxy groups -OCH3 is 1. The van der Waals surface area contributed by atoms with Gasteiger partial charge in [0.25, 0.3) is 0 Å². The Labute approximate surface area is 171 Å². The number of anilines is 1. The second kappa shape index (κ2) is 9.96. The van der Waals surface area contributed by atoms with E-state index in [-0.39, 0.29) is 12.5 Å². The normalized spacial score (nSPS) is 12.8. The fourth-order valence-corrected chi connectivity index (χ4v) is 3.61. The van der Waals surface area contributed by atoms with Gasteiger partial charge in [-0.15, -0.1) is 0 Å². The van der Waals surface area contributed by atoms with E-state index in [9.17, 15) is 9.59 Å². The SMILES string of the molecule is COc1ccc(C)c2c1N(C(=O)CCCNC(=O)OCc1ccccc1)CCC2. The van der Waals surface area contributed by atoms with E-state index in [0.717, 1.165) is 29.8 Å². The summed E-state index contributed by atoms with van der Waals surface area (Å²) in [5.74, 6) is 0.788. The van der Waals surface area contributed by atoms with Crippen LogP contribution in [0.5, 0.6) is 5.75 Å². The monoisotopic (exact) mass is 396 g/mol. The lowest BCUT2D eigenvalue weighted by molar-refractivity contribution is -0.118. The first-order chi connectivity index (χ1) is 14.1. The van der Waals surface area contributed by atoms with Crippen LogP contribution >= 0.6 is 0 Å². The molecule has 2 aromatic carbocycles. The third-order valence-electron chi connectivity index (χ3n) is 5.13. The molecule has 0 radical (unpaired) electrons. The molecule has 0 atom stereocenters. The molecule has 0 fully saturated rings. The molecule has 0 saturated carbocycles. The highest BCUT2D eigenvalue weighted by Crippen LogP contribution is 2.38. The van der Waals surface area contributed by atoms with Crippen LogP contribution in [0.4, 0.5) is 10.5 Å². The fourth-order valence-electron chi connectivity index (χ4n) is 3.61. The van der Waals surface area contributed by atoms with E-state index in [4.69, 9.17) is 9.47 Å². The zero-order chi connectivity index (χ0) is 20.6. The van der Waals surface area contributed by atoms with Crippen molar-refractivity contribution in [2.45, 2.75) is 39.2 Å². The minimum Gasteiger partial charge on any atom is -0.495 e. The minimum atomic E-state index is -0.470. The Morgan fingerprint density at radius 1 is 1.14 bits per heavy atom. The maximum absolute atomic E-state index is 12.8. The molecule has 154 valence electrons. The van der Waals surface area contributed by atoms with Crippen molar-refractivity contribution < 1.29 is 19.1 Å². The van der Waals surface area contributed by atoms with Crippen LogP contribution in [0.25, 0.3) is 0 Å². The summed E-state index contributed by atoms with van der Waals surface area (Å²) < 4.78 is 10.7. The van der Waals surface area contributed by atoms with Crippen molar-refractivity contribution in [3.8, 4) is 5.75 Å². The molecule has 0 aromatic heterocycles. The number of hydrogen-bond acceptors (Lipinski definition) is 4. The molecule has 29 heavy (non-hydrogen) atoms. The number of carbonyl (C=O) groups is 2. The first-order valence-electron chi connectivity index (χ1n) is 10.0. The molecule has 6 nitrogen and oxygen atoms in total. The molecule has 1 aliphatic rings. The van der Waals surface area contributed by atoms with Gasteiger partial charge in [-0.05, 0) is 48.9 Å². The first-order valence-corrected chi connectivity index (χ1v) is 10.0. The van der Waals surface area contributed by atoms with Gasteiger partial charge in [0.2, 0.25) is 5.91 Å². The Balaban J connectivity index is 1.47. The number of rotatable bonds is 7. The Hall–Kier alpha value is -3.02. The van der Waals surface area contributed by atoms with E-state index in [1.165, 1.54) is 11.1 Å². The number of carbonyl (C=O) groups excluding carboxylic acids is 2. The smallest absolute Gasteiger partial charge is 0.407 e. The second-order valence-corrected chi connectivity index (χ2v) is 7.15. The maximum Gasteiger partial charge on any atom is 0.407 e. The second-order valence-electron chi connectivity index (χ2n) is 7.15. The maximum atomic E-state index is 12.8. The number of ether oxygens (including phenoxy) is 2. The lowest BCUT2D eigenvalue weighted by atomic mass is 9.96. The van der Waals surface area contributed by atoms with Crippen LogP contribution in [0.15, 0.2) is 42.5 Å². The molecule has 0 saturated heterocycles. The number of benzene rings is 2. The van der Waals surface area contributed by atoms with Crippen molar-refractivity contribution >= 4 is 17.7 Å². The summed E-state index contributed by atoms with van der Waals surface area (Å²) >= 11 is 0. The van der Waals surface area contributed by atoms with Gasteiger partial charge < -0.3 is 19.7 Å². The molecule has 2 aromatic rings. The molecule has 0 unspecified atom stereocenters. The highest BCUT2D eigenvalue weighted by atomic mass is 16.5. The predicted molar refractivity (Wildman–Crippen MR) is 112 cm³/mol. The van der Waals surface area contributed by atoms with E-state index in [0.29, 0.717) is 25.9 Å². The summed E-state index contributed by atoms with van der Waals surface area (Å²) in [5.41, 5.74) is 4.21. The number of amides is 2. The van der Waals surface area contributed by atoms with Crippen LogP contribution in [0.3, 0.4) is 0 Å². The molecule has 0 aliphatic carbocycles. The van der Waals surface area contributed by atoms with Crippen molar-refractivity contribution in [2.24, 2.45) is 0 Å². The number of alkyl carbamates (subject to hydrolysis) is 1. The minimum absolute atomic E-state index is 0.0503. The van der Waals surface area contributed by atoms with E-state index in [1.807, 2.05) is 47.4 Å². The standard InChI is InChI=1S/C23H28N2O4/c1-17-12-13-20(28-2)22-19(17)10-7-15-25(22)21(26)11-6-14-24-23(27)29-16-18-8-4-3-5-9-18/h3-5,8-9,12-13H,6-7,10-11,14-16H2,1-2H3,(H,24,27). The fraction of sp³-hybridized carbons (Fsp3) is 0.391. The average Bonchev–Trinajstić information content (AvgIpc) is 2.76. The lowest BCUT2D eigenvalue weighted by Crippen LogP contribution is -2.36. The Kier molecular flexibility index (Phi) is 7.11. The number of aryl methyl sites for hydroxylation is 1. The lowest BCUT2D eigenvalue weighted by Gasteiger charge is -2.32. The molecule has 0 spiro atoms. The molecule has 2 amide bonds. The van der Waals surface area contributed by atoms with Gasteiger partial charge in [-0.1, -0.05) is 36.4 Å². The molecule has 1 aliphatic heterocycles. The first kappa shape index (κ1) is 20.7. The number of fused-ring (bicyclic) bond motifs is 1. The summed E-state index contributed by atoms with van der Waals surface area (Å²) in [4.78, 5) is 26.5. The zero-order valence-electron chi connectivity index (χ0n) is 17.1. The summed E-state index contributed by atoms with van der Waals surface area (Å²) in [6.07, 6.45) is 2.34. The van der Waals surface area contributed by atoms with Gasteiger partial charge in [0.1, 0.15) is 12.4 Å². The van der Waals surface area contributed by atoms with E-state index in [2.05, 4.69) is 12.2 Å². The van der Waals surface area contributed by atoms with Gasteiger partial charge in [0.15, 0.2) is 0 Å². The Morgan fingerprint density at radius 3 is 2.69 bits per heavy atom. The van der Waals surface area contributed by atoms with Crippen LogP contribution in [-0.2, 0) is 22.6 Å². The Morgan fingerprint density at radius 2 is 1.93 bits per heavy atom. The van der Waals surface area contributed by atoms with Gasteiger partial charge in [-0.2, -0.15) is 0 Å². The van der Waals surface area contributed by atoms with Crippen molar-refractivity contribution in [1.29, 1.82) is 0 Å².